The zero-order chi connectivity index (χ0) is 14.6. The molecular formula is C10H17N3O4S2. The van der Waals surface area contributed by atoms with E-state index < -0.39 is 21.7 Å². The van der Waals surface area contributed by atoms with Gasteiger partial charge in [0.25, 0.3) is 0 Å². The molecule has 0 aliphatic carbocycles. The second kappa shape index (κ2) is 6.40. The summed E-state index contributed by atoms with van der Waals surface area (Å²) in [5.74, 6) is -0.397. The molecule has 1 atom stereocenters. The van der Waals surface area contributed by atoms with Crippen LogP contribution in [0.2, 0.25) is 0 Å². The Morgan fingerprint density at radius 1 is 1.58 bits per heavy atom. The Labute approximate surface area is 116 Å². The summed E-state index contributed by atoms with van der Waals surface area (Å²) in [5, 5.41) is 14.8. The predicted molar refractivity (Wildman–Crippen MR) is 73.0 cm³/mol. The minimum Gasteiger partial charge on any atom is -0.476 e. The average molecular weight is 307 g/mol. The Balaban J connectivity index is 2.95. The lowest BCUT2D eigenvalue weighted by Crippen LogP contribution is -2.30. The summed E-state index contributed by atoms with van der Waals surface area (Å²) in [7, 11) is -3.87. The lowest BCUT2D eigenvalue weighted by Gasteiger charge is -2.11. The number of hydrogen-bond donors (Lipinski definition) is 3. The number of aromatic nitrogens is 2. The quantitative estimate of drug-likeness (QED) is 0.683. The highest BCUT2D eigenvalue weighted by atomic mass is 32.2. The molecule has 1 heterocycles. The fraction of sp³-hybridized carbons (Fsp3) is 0.600. The van der Waals surface area contributed by atoms with Gasteiger partial charge in [-0.1, -0.05) is 6.92 Å². The summed E-state index contributed by atoms with van der Waals surface area (Å²) in [5.41, 5.74) is -0.273. The van der Waals surface area contributed by atoms with Crippen LogP contribution in [-0.4, -0.2) is 48.2 Å². The molecule has 0 fully saturated rings. The van der Waals surface area contributed by atoms with Gasteiger partial charge in [0.1, 0.15) is 4.90 Å². The van der Waals surface area contributed by atoms with Crippen LogP contribution in [0.5, 0.6) is 0 Å². The molecule has 108 valence electrons. The Morgan fingerprint density at radius 3 is 2.74 bits per heavy atom. The standard InChI is InChI=1S/C10H17N3O4S2/c1-6(5-18-3)4-11-19(16,17)9-7(2)12-13-8(9)10(14)15/h6,11H,4-5H2,1-3H3,(H,12,13)(H,14,15). The number of nitrogens with zero attached hydrogens (tertiary/aromatic N) is 1. The number of aromatic amines is 1. The van der Waals surface area contributed by atoms with Crippen molar-refractivity contribution in [2.75, 3.05) is 18.6 Å². The molecule has 9 heteroatoms. The first-order valence-electron chi connectivity index (χ1n) is 5.56. The summed E-state index contributed by atoms with van der Waals surface area (Å²) in [4.78, 5) is 10.6. The summed E-state index contributed by atoms with van der Waals surface area (Å²) in [6, 6.07) is 0. The van der Waals surface area contributed by atoms with Crippen molar-refractivity contribution >= 4 is 27.8 Å². The zero-order valence-corrected chi connectivity index (χ0v) is 12.6. The number of rotatable bonds is 7. The molecule has 0 aliphatic heterocycles. The van der Waals surface area contributed by atoms with E-state index >= 15 is 0 Å². The Morgan fingerprint density at radius 2 is 2.21 bits per heavy atom. The van der Waals surface area contributed by atoms with Crippen LogP contribution in [0.25, 0.3) is 0 Å². The van der Waals surface area contributed by atoms with Gasteiger partial charge in [-0.05, 0) is 24.9 Å². The first-order chi connectivity index (χ1) is 8.79. The van der Waals surface area contributed by atoms with E-state index in [1.807, 2.05) is 13.2 Å². The molecule has 0 bridgehead atoms. The molecule has 1 unspecified atom stereocenters. The maximum absolute atomic E-state index is 12.1. The lowest BCUT2D eigenvalue weighted by atomic mass is 10.2. The molecule has 0 aliphatic rings. The van der Waals surface area contributed by atoms with E-state index in [1.54, 1.807) is 11.8 Å². The SMILES string of the molecule is CSCC(C)CNS(=O)(=O)c1c(C(=O)O)n[nH]c1C. The molecule has 0 saturated carbocycles. The highest BCUT2D eigenvalue weighted by Crippen LogP contribution is 2.17. The molecule has 19 heavy (non-hydrogen) atoms. The molecule has 0 radical (unpaired) electrons. The van der Waals surface area contributed by atoms with Crippen LogP contribution in [0.1, 0.15) is 23.1 Å². The third-order valence-corrected chi connectivity index (χ3v) is 4.92. The number of aryl methyl sites for hydroxylation is 1. The van der Waals surface area contributed by atoms with E-state index in [9.17, 15) is 13.2 Å². The number of thioether (sulfide) groups is 1. The van der Waals surface area contributed by atoms with Crippen LogP contribution < -0.4 is 4.72 Å². The van der Waals surface area contributed by atoms with Crippen LogP contribution in [0.15, 0.2) is 4.90 Å². The van der Waals surface area contributed by atoms with Gasteiger partial charge in [0, 0.05) is 6.54 Å². The first kappa shape index (κ1) is 16.0. The van der Waals surface area contributed by atoms with Crippen LogP contribution in [-0.2, 0) is 10.0 Å². The zero-order valence-electron chi connectivity index (χ0n) is 10.9. The first-order valence-corrected chi connectivity index (χ1v) is 8.44. The van der Waals surface area contributed by atoms with Crippen LogP contribution in [0, 0.1) is 12.8 Å². The number of H-pyrrole nitrogens is 1. The molecule has 3 N–H and O–H groups in total. The van der Waals surface area contributed by atoms with E-state index in [1.165, 1.54) is 6.92 Å². The van der Waals surface area contributed by atoms with Crippen molar-refractivity contribution in [1.29, 1.82) is 0 Å². The molecule has 0 spiro atoms. The number of carboxylic acids is 1. The van der Waals surface area contributed by atoms with E-state index in [2.05, 4.69) is 14.9 Å². The number of aromatic carboxylic acids is 1. The van der Waals surface area contributed by atoms with Crippen LogP contribution in [0.4, 0.5) is 0 Å². The largest absolute Gasteiger partial charge is 0.476 e. The van der Waals surface area contributed by atoms with Crippen molar-refractivity contribution in [1.82, 2.24) is 14.9 Å². The predicted octanol–water partition coefficient (Wildman–Crippen LogP) is 0.694. The minimum absolute atomic E-state index is 0.158. The molecular weight excluding hydrogens is 290 g/mol. The molecule has 1 aromatic rings. The number of nitrogens with one attached hydrogen (secondary N) is 2. The maximum atomic E-state index is 12.1. The van der Waals surface area contributed by atoms with Crippen molar-refractivity contribution in [3.63, 3.8) is 0 Å². The van der Waals surface area contributed by atoms with E-state index in [-0.39, 0.29) is 23.1 Å². The minimum atomic E-state index is -3.87. The van der Waals surface area contributed by atoms with E-state index in [0.717, 1.165) is 5.75 Å². The molecule has 1 rings (SSSR count). The van der Waals surface area contributed by atoms with Gasteiger partial charge in [0.05, 0.1) is 5.69 Å². The maximum Gasteiger partial charge on any atom is 0.357 e. The average Bonchev–Trinajstić information content (AvgIpc) is 2.70. The molecule has 0 aromatic carbocycles. The summed E-state index contributed by atoms with van der Waals surface area (Å²) in [6.07, 6.45) is 1.94. The van der Waals surface area contributed by atoms with Gasteiger partial charge in [0.15, 0.2) is 5.69 Å². The van der Waals surface area contributed by atoms with Crippen LogP contribution >= 0.6 is 11.8 Å². The number of sulfonamides is 1. The van der Waals surface area contributed by atoms with Crippen LogP contribution in [0.3, 0.4) is 0 Å². The Bertz CT molecular complexity index is 553. The number of carboxylic acid groups (broad SMARTS) is 1. The third kappa shape index (κ3) is 3.95. The number of hydrogen-bond acceptors (Lipinski definition) is 5. The summed E-state index contributed by atoms with van der Waals surface area (Å²) < 4.78 is 26.6. The third-order valence-electron chi connectivity index (χ3n) is 2.44. The molecule has 0 saturated heterocycles. The Kier molecular flexibility index (Phi) is 5.39. The highest BCUT2D eigenvalue weighted by Gasteiger charge is 2.28. The van der Waals surface area contributed by atoms with Gasteiger partial charge < -0.3 is 5.11 Å². The second-order valence-electron chi connectivity index (χ2n) is 4.24. The molecule has 7 nitrogen and oxygen atoms in total. The van der Waals surface area contributed by atoms with Crippen molar-refractivity contribution < 1.29 is 18.3 Å². The van der Waals surface area contributed by atoms with Gasteiger partial charge in [-0.25, -0.2) is 17.9 Å². The summed E-state index contributed by atoms with van der Waals surface area (Å²) in [6.45, 7) is 3.64. The fourth-order valence-corrected chi connectivity index (χ4v) is 3.73. The van der Waals surface area contributed by atoms with Crippen molar-refractivity contribution in [3.05, 3.63) is 11.4 Å². The van der Waals surface area contributed by atoms with Gasteiger partial charge in [-0.15, -0.1) is 0 Å². The molecule has 0 amide bonds. The number of carbonyl (C=O) groups is 1. The fourth-order valence-electron chi connectivity index (χ4n) is 1.56. The molecule has 1 aromatic heterocycles. The van der Waals surface area contributed by atoms with Gasteiger partial charge in [-0.3, -0.25) is 5.10 Å². The van der Waals surface area contributed by atoms with Crippen molar-refractivity contribution in [3.8, 4) is 0 Å². The van der Waals surface area contributed by atoms with E-state index in [4.69, 9.17) is 5.11 Å². The normalized spacial score (nSPS) is 13.4. The van der Waals surface area contributed by atoms with Crippen molar-refractivity contribution in [2.45, 2.75) is 18.7 Å². The summed E-state index contributed by atoms with van der Waals surface area (Å²) >= 11 is 1.62. The monoisotopic (exact) mass is 307 g/mol. The van der Waals surface area contributed by atoms with Gasteiger partial charge in [0.2, 0.25) is 10.0 Å². The lowest BCUT2D eigenvalue weighted by molar-refractivity contribution is 0.0686. The Hall–Kier alpha value is -1.06. The highest BCUT2D eigenvalue weighted by molar-refractivity contribution is 7.98. The smallest absolute Gasteiger partial charge is 0.357 e. The van der Waals surface area contributed by atoms with Gasteiger partial charge >= 0.3 is 5.97 Å². The second-order valence-corrected chi connectivity index (χ2v) is 6.86. The van der Waals surface area contributed by atoms with E-state index in [0.29, 0.717) is 0 Å². The van der Waals surface area contributed by atoms with Crippen molar-refractivity contribution in [2.24, 2.45) is 5.92 Å². The van der Waals surface area contributed by atoms with Gasteiger partial charge in [-0.2, -0.15) is 16.9 Å². The topological polar surface area (TPSA) is 112 Å².